The molecular weight excluding hydrogens is 591 g/mol. The van der Waals surface area contributed by atoms with Crippen molar-refractivity contribution < 1.29 is 53.7 Å². The summed E-state index contributed by atoms with van der Waals surface area (Å²) in [6, 6.07) is 7.30. The molecule has 0 radical (unpaired) electrons. The Balaban J connectivity index is 1.25. The maximum atomic E-state index is 15.0. The molecule has 0 N–H and O–H groups in total. The van der Waals surface area contributed by atoms with Gasteiger partial charge in [-0.1, -0.05) is 30.3 Å². The second-order valence-corrected chi connectivity index (χ2v) is 11.1. The maximum Gasteiger partial charge on any atom is 0.573 e. The van der Waals surface area contributed by atoms with Gasteiger partial charge in [-0.2, -0.15) is 17.6 Å². The molecule has 2 aromatic rings. The highest BCUT2D eigenvalue weighted by Crippen LogP contribution is 2.44. The summed E-state index contributed by atoms with van der Waals surface area (Å²) >= 11 is 0. The van der Waals surface area contributed by atoms with Gasteiger partial charge < -0.3 is 14.2 Å². The van der Waals surface area contributed by atoms with Crippen LogP contribution in [0.15, 0.2) is 49.1 Å². The van der Waals surface area contributed by atoms with E-state index in [1.807, 2.05) is 0 Å². The van der Waals surface area contributed by atoms with Gasteiger partial charge in [0.15, 0.2) is 11.6 Å². The van der Waals surface area contributed by atoms with Crippen LogP contribution in [-0.2, 0) is 22.0 Å². The fraction of sp³-hybridized carbons (Fsp3) is 0.548. The van der Waals surface area contributed by atoms with Crippen LogP contribution < -0.4 is 4.74 Å². The first kappa shape index (κ1) is 33.2. The van der Waals surface area contributed by atoms with Crippen molar-refractivity contribution in [3.63, 3.8) is 0 Å². The summed E-state index contributed by atoms with van der Waals surface area (Å²) < 4.78 is 139. The van der Waals surface area contributed by atoms with E-state index < -0.39 is 60.0 Å². The molecule has 0 heterocycles. The van der Waals surface area contributed by atoms with Crippen molar-refractivity contribution in [3.05, 3.63) is 77.4 Å². The second kappa shape index (κ2) is 13.5. The average molecular weight is 625 g/mol. The molecule has 0 bridgehead atoms. The smallest absolute Gasteiger partial charge is 0.399 e. The monoisotopic (exact) mass is 624 g/mol. The van der Waals surface area contributed by atoms with Crippen LogP contribution in [0.5, 0.6) is 5.75 Å². The fourth-order valence-electron chi connectivity index (χ4n) is 5.79. The van der Waals surface area contributed by atoms with Crippen molar-refractivity contribution in [2.45, 2.75) is 101 Å². The van der Waals surface area contributed by atoms with Gasteiger partial charge in [0.25, 0.3) is 0 Å². The van der Waals surface area contributed by atoms with Crippen LogP contribution in [0.25, 0.3) is 0 Å². The van der Waals surface area contributed by atoms with Crippen molar-refractivity contribution >= 4 is 0 Å². The zero-order chi connectivity index (χ0) is 31.4. The predicted octanol–water partition coefficient (Wildman–Crippen LogP) is 9.94. The van der Waals surface area contributed by atoms with Crippen LogP contribution in [0.3, 0.4) is 0 Å². The number of rotatable bonds is 11. The molecule has 2 aliphatic carbocycles. The molecule has 0 aliphatic heterocycles. The summed E-state index contributed by atoms with van der Waals surface area (Å²) in [6.45, 7) is 3.63. The second-order valence-electron chi connectivity index (χ2n) is 11.1. The van der Waals surface area contributed by atoms with Crippen molar-refractivity contribution in [2.24, 2.45) is 5.92 Å². The molecule has 4 rings (SSSR count). The minimum absolute atomic E-state index is 0.00847. The number of halogens is 9. The van der Waals surface area contributed by atoms with Gasteiger partial charge in [0.05, 0.1) is 23.7 Å². The number of hydrogen-bond donors (Lipinski definition) is 0. The van der Waals surface area contributed by atoms with E-state index >= 15 is 8.78 Å². The van der Waals surface area contributed by atoms with Crippen LogP contribution in [-0.4, -0.2) is 24.7 Å². The van der Waals surface area contributed by atoms with Crippen LogP contribution in [0.4, 0.5) is 39.5 Å². The van der Waals surface area contributed by atoms with Gasteiger partial charge in [-0.05, 0) is 93.4 Å². The zero-order valence-electron chi connectivity index (χ0n) is 23.3. The van der Waals surface area contributed by atoms with Gasteiger partial charge in [-0.15, -0.1) is 19.8 Å². The first-order valence-corrected chi connectivity index (χ1v) is 14.2. The summed E-state index contributed by atoms with van der Waals surface area (Å²) in [5, 5.41) is 0. The maximum absolute atomic E-state index is 15.0. The van der Waals surface area contributed by atoms with E-state index in [0.29, 0.717) is 6.42 Å². The summed E-state index contributed by atoms with van der Waals surface area (Å²) in [6.07, 6.45) is -10.4. The third-order valence-electron chi connectivity index (χ3n) is 8.10. The lowest BCUT2D eigenvalue weighted by molar-refractivity contribution is -0.311. The largest absolute Gasteiger partial charge is 0.573 e. The van der Waals surface area contributed by atoms with Gasteiger partial charge in [0.2, 0.25) is 5.75 Å². The highest BCUT2D eigenvalue weighted by Gasteiger charge is 2.46. The van der Waals surface area contributed by atoms with E-state index in [4.69, 9.17) is 9.47 Å². The zero-order valence-corrected chi connectivity index (χ0v) is 23.3. The van der Waals surface area contributed by atoms with Crippen molar-refractivity contribution in [3.8, 4) is 5.75 Å². The minimum atomic E-state index is -5.26. The summed E-state index contributed by atoms with van der Waals surface area (Å²) in [5.74, 6) is -6.22. The average Bonchev–Trinajstić information content (AvgIpc) is 2.94. The summed E-state index contributed by atoms with van der Waals surface area (Å²) in [5.41, 5.74) is 0.679. The molecule has 43 heavy (non-hydrogen) atoms. The van der Waals surface area contributed by atoms with Gasteiger partial charge in [-0.25, -0.2) is 8.78 Å². The summed E-state index contributed by atoms with van der Waals surface area (Å²) in [7, 11) is 0. The van der Waals surface area contributed by atoms with E-state index in [2.05, 4.69) is 11.3 Å². The number of hydrogen-bond acceptors (Lipinski definition) is 3. The molecule has 0 unspecified atom stereocenters. The number of ether oxygens (including phenoxy) is 3. The highest BCUT2D eigenvalue weighted by atomic mass is 19.4. The normalized spacial score (nSPS) is 23.7. The van der Waals surface area contributed by atoms with Crippen molar-refractivity contribution in [1.29, 1.82) is 0 Å². The number of benzene rings is 2. The first-order chi connectivity index (χ1) is 20.2. The highest BCUT2D eigenvalue weighted by molar-refractivity contribution is 5.33. The SMILES string of the molecule is C=CCCc1ccc(C(F)(F)OC2CCC(C(F)(F)OC3CCC(c4cc(F)c(OC(F)(F)F)c(F)c4)CC3)CC2)cc1. The van der Waals surface area contributed by atoms with Crippen LogP contribution in [0.1, 0.15) is 80.4 Å². The Labute approximate surface area is 244 Å². The molecule has 0 amide bonds. The molecule has 0 atom stereocenters. The third-order valence-corrected chi connectivity index (χ3v) is 8.10. The molecule has 0 aromatic heterocycles. The predicted molar refractivity (Wildman–Crippen MR) is 140 cm³/mol. The van der Waals surface area contributed by atoms with Gasteiger partial charge in [0, 0.05) is 0 Å². The summed E-state index contributed by atoms with van der Waals surface area (Å²) in [4.78, 5) is 0. The van der Waals surface area contributed by atoms with Gasteiger partial charge in [-0.3, -0.25) is 0 Å². The number of alkyl halides is 7. The van der Waals surface area contributed by atoms with Crippen LogP contribution >= 0.6 is 0 Å². The van der Waals surface area contributed by atoms with Crippen LogP contribution in [0, 0.1) is 17.6 Å². The number of aryl methyl sites for hydroxylation is 1. The molecule has 238 valence electrons. The first-order valence-electron chi connectivity index (χ1n) is 14.2. The Bertz CT molecular complexity index is 1190. The molecule has 12 heteroatoms. The lowest BCUT2D eigenvalue weighted by Gasteiger charge is -2.37. The topological polar surface area (TPSA) is 27.7 Å². The molecular formula is C31H33F9O3. The van der Waals surface area contributed by atoms with Gasteiger partial charge >= 0.3 is 18.6 Å². The van der Waals surface area contributed by atoms with E-state index in [1.165, 1.54) is 12.1 Å². The lowest BCUT2D eigenvalue weighted by atomic mass is 9.82. The van der Waals surface area contributed by atoms with Crippen molar-refractivity contribution in [1.82, 2.24) is 0 Å². The molecule has 2 fully saturated rings. The Kier molecular flexibility index (Phi) is 10.4. The molecule has 0 spiro atoms. The Morgan fingerprint density at radius 2 is 1.28 bits per heavy atom. The Hall–Kier alpha value is -2.73. The Morgan fingerprint density at radius 1 is 0.744 bits per heavy atom. The molecule has 0 saturated heterocycles. The van der Waals surface area contributed by atoms with E-state index in [0.717, 1.165) is 24.1 Å². The van der Waals surface area contributed by atoms with Crippen LogP contribution in [0.2, 0.25) is 0 Å². The molecule has 3 nitrogen and oxygen atoms in total. The van der Waals surface area contributed by atoms with E-state index in [9.17, 15) is 30.7 Å². The number of allylic oxidation sites excluding steroid dienone is 1. The van der Waals surface area contributed by atoms with Crippen molar-refractivity contribution in [2.75, 3.05) is 0 Å². The molecule has 2 aromatic carbocycles. The standard InChI is InChI=1S/C31H33F9O3/c1-2-3-4-19-5-9-22(10-6-19)29(34,35)42-25-15-11-23(12-16-25)30(36,37)41-24-13-7-20(8-14-24)21-17-26(32)28(27(33)18-21)43-31(38,39)40/h2,5-6,9-10,17-18,20,23-25H,1,3-4,7-8,11-16H2. The molecule has 2 saturated carbocycles. The van der Waals surface area contributed by atoms with E-state index in [-0.39, 0.29) is 62.5 Å². The molecule has 2 aliphatic rings. The fourth-order valence-corrected chi connectivity index (χ4v) is 5.79. The third kappa shape index (κ3) is 8.90. The lowest BCUT2D eigenvalue weighted by Crippen LogP contribution is -2.40. The minimum Gasteiger partial charge on any atom is -0.399 e. The Morgan fingerprint density at radius 3 is 1.81 bits per heavy atom. The van der Waals surface area contributed by atoms with E-state index in [1.54, 1.807) is 18.2 Å². The van der Waals surface area contributed by atoms with Gasteiger partial charge in [0.1, 0.15) is 0 Å². The quantitative estimate of drug-likeness (QED) is 0.184.